The molecule has 0 amide bonds. The van der Waals surface area contributed by atoms with E-state index in [2.05, 4.69) is 240 Å². The lowest BCUT2D eigenvalue weighted by atomic mass is 9.94. The van der Waals surface area contributed by atoms with E-state index in [1.54, 1.807) is 0 Å². The Kier molecular flexibility index (Phi) is 8.39. The number of thiophene rings is 1. The van der Waals surface area contributed by atoms with Crippen LogP contribution < -0.4 is 4.90 Å². The third-order valence-corrected chi connectivity index (χ3v) is 13.4. The average molecular weight is 795 g/mol. The molecule has 0 fully saturated rings. The molecule has 0 spiro atoms. The van der Waals surface area contributed by atoms with Crippen molar-refractivity contribution in [3.05, 3.63) is 231 Å². The summed E-state index contributed by atoms with van der Waals surface area (Å²) < 4.78 is 5.01. The highest BCUT2D eigenvalue weighted by Gasteiger charge is 2.21. The van der Waals surface area contributed by atoms with Gasteiger partial charge in [0.15, 0.2) is 0 Å². The molecule has 286 valence electrons. The molecule has 0 aliphatic heterocycles. The summed E-state index contributed by atoms with van der Waals surface area (Å²) in [5.74, 6) is 0. The van der Waals surface area contributed by atoms with Gasteiger partial charge in [0.1, 0.15) is 0 Å². The second-order valence-electron chi connectivity index (χ2n) is 15.7. The van der Waals surface area contributed by atoms with Crippen molar-refractivity contribution in [2.45, 2.75) is 0 Å². The highest BCUT2D eigenvalue weighted by atomic mass is 32.1. The van der Waals surface area contributed by atoms with E-state index in [0.717, 1.165) is 28.3 Å². The lowest BCUT2D eigenvalue weighted by Gasteiger charge is -2.29. The van der Waals surface area contributed by atoms with Crippen LogP contribution in [0.1, 0.15) is 0 Å². The Morgan fingerprint density at radius 1 is 0.344 bits per heavy atom. The summed E-state index contributed by atoms with van der Waals surface area (Å²) >= 11 is 1.88. The Morgan fingerprint density at radius 3 is 1.74 bits per heavy atom. The second-order valence-corrected chi connectivity index (χ2v) is 16.7. The van der Waals surface area contributed by atoms with E-state index in [1.165, 1.54) is 80.6 Å². The average Bonchev–Trinajstić information content (AvgIpc) is 3.88. The van der Waals surface area contributed by atoms with Gasteiger partial charge in [-0.25, -0.2) is 0 Å². The van der Waals surface area contributed by atoms with Gasteiger partial charge >= 0.3 is 0 Å². The van der Waals surface area contributed by atoms with Crippen molar-refractivity contribution < 1.29 is 0 Å². The van der Waals surface area contributed by atoms with Crippen molar-refractivity contribution in [3.8, 4) is 39.1 Å². The molecule has 0 bridgehead atoms. The number of hydrogen-bond acceptors (Lipinski definition) is 2. The zero-order valence-corrected chi connectivity index (χ0v) is 34.1. The van der Waals surface area contributed by atoms with Gasteiger partial charge < -0.3 is 9.47 Å². The zero-order valence-electron chi connectivity index (χ0n) is 33.2. The van der Waals surface area contributed by atoms with Crippen molar-refractivity contribution in [2.24, 2.45) is 0 Å². The first-order chi connectivity index (χ1) is 30.3. The van der Waals surface area contributed by atoms with E-state index in [9.17, 15) is 0 Å². The van der Waals surface area contributed by atoms with Crippen molar-refractivity contribution in [1.82, 2.24) is 4.57 Å². The first-order valence-electron chi connectivity index (χ1n) is 20.8. The van der Waals surface area contributed by atoms with Gasteiger partial charge in [-0.05, 0) is 99.3 Å². The molecule has 2 aromatic heterocycles. The van der Waals surface area contributed by atoms with Crippen LogP contribution in [0.15, 0.2) is 231 Å². The van der Waals surface area contributed by atoms with Crippen LogP contribution in [-0.2, 0) is 0 Å². The van der Waals surface area contributed by atoms with Crippen LogP contribution in [0.25, 0.3) is 91.8 Å². The van der Waals surface area contributed by atoms with Gasteiger partial charge in [0, 0.05) is 53.6 Å². The van der Waals surface area contributed by atoms with Crippen LogP contribution in [0.4, 0.5) is 17.1 Å². The minimum Gasteiger partial charge on any atom is -0.310 e. The van der Waals surface area contributed by atoms with Crippen LogP contribution in [0, 0.1) is 0 Å². The maximum absolute atomic E-state index is 2.46. The Hall–Kier alpha value is -7.72. The van der Waals surface area contributed by atoms with Gasteiger partial charge in [0.2, 0.25) is 0 Å². The molecule has 12 rings (SSSR count). The number of rotatable bonds is 7. The first kappa shape index (κ1) is 35.2. The number of para-hydroxylation sites is 2. The minimum atomic E-state index is 1.08. The Labute approximate surface area is 358 Å². The third-order valence-electron chi connectivity index (χ3n) is 12.2. The number of anilines is 3. The molecule has 12 aromatic rings. The maximum Gasteiger partial charge on any atom is 0.0546 e. The summed E-state index contributed by atoms with van der Waals surface area (Å²) in [5, 5.41) is 7.59. The highest BCUT2D eigenvalue weighted by Crippen LogP contribution is 2.46. The predicted octanol–water partition coefficient (Wildman–Crippen LogP) is 16.8. The fourth-order valence-electron chi connectivity index (χ4n) is 9.39. The lowest BCUT2D eigenvalue weighted by molar-refractivity contribution is 1.17. The molecular formula is C58H38N2S. The van der Waals surface area contributed by atoms with Crippen LogP contribution in [0.5, 0.6) is 0 Å². The molecule has 0 atom stereocenters. The predicted molar refractivity (Wildman–Crippen MR) is 262 cm³/mol. The standard InChI is InChI=1S/C58H38N2S/c1-2-15-40(16-3-1)48-36-31-42(47-25-13-18-39-17-4-5-21-46(39)47)38-56(48)59(43-32-34-44(35-33-43)60-54-28-9-6-22-50(54)51-23-7-10-29-55(51)60)45-20-12-19-41(37-45)49-26-14-27-53-52-24-8-11-30-57(52)61-58(49)53/h1-38H. The summed E-state index contributed by atoms with van der Waals surface area (Å²) in [6, 6.07) is 84.3. The van der Waals surface area contributed by atoms with Crippen LogP contribution in [0.2, 0.25) is 0 Å². The van der Waals surface area contributed by atoms with E-state index in [-0.39, 0.29) is 0 Å². The van der Waals surface area contributed by atoms with Gasteiger partial charge in [0.25, 0.3) is 0 Å². The van der Waals surface area contributed by atoms with E-state index in [4.69, 9.17) is 0 Å². The Balaban J connectivity index is 1.09. The summed E-state index contributed by atoms with van der Waals surface area (Å²) in [4.78, 5) is 2.46. The number of fused-ring (bicyclic) bond motifs is 7. The van der Waals surface area contributed by atoms with E-state index in [0.29, 0.717) is 0 Å². The zero-order chi connectivity index (χ0) is 40.3. The van der Waals surface area contributed by atoms with Gasteiger partial charge in [-0.1, -0.05) is 170 Å². The topological polar surface area (TPSA) is 8.17 Å². The Bertz CT molecular complexity index is 3540. The molecule has 0 aliphatic carbocycles. The molecule has 0 radical (unpaired) electrons. The molecule has 0 unspecified atom stereocenters. The quantitative estimate of drug-likeness (QED) is 0.156. The van der Waals surface area contributed by atoms with Crippen LogP contribution in [-0.4, -0.2) is 4.57 Å². The normalized spacial score (nSPS) is 11.6. The molecule has 61 heavy (non-hydrogen) atoms. The monoisotopic (exact) mass is 794 g/mol. The molecule has 3 heteroatoms. The summed E-state index contributed by atoms with van der Waals surface area (Å²) in [6.07, 6.45) is 0. The van der Waals surface area contributed by atoms with Gasteiger partial charge in [-0.15, -0.1) is 11.3 Å². The summed E-state index contributed by atoms with van der Waals surface area (Å²) in [6.45, 7) is 0. The molecule has 0 aliphatic rings. The fraction of sp³-hybridized carbons (Fsp3) is 0. The largest absolute Gasteiger partial charge is 0.310 e. The molecular weight excluding hydrogens is 757 g/mol. The molecule has 2 nitrogen and oxygen atoms in total. The van der Waals surface area contributed by atoms with Crippen molar-refractivity contribution in [2.75, 3.05) is 4.90 Å². The number of benzene rings is 10. The molecule has 0 saturated carbocycles. The van der Waals surface area contributed by atoms with Crippen molar-refractivity contribution in [3.63, 3.8) is 0 Å². The van der Waals surface area contributed by atoms with Crippen molar-refractivity contribution in [1.29, 1.82) is 0 Å². The molecule has 2 heterocycles. The SMILES string of the molecule is c1ccc(-c2ccc(-c3cccc4ccccc34)cc2N(c2ccc(-n3c4ccccc4c4ccccc43)cc2)c2cccc(-c3cccc4c3sc3ccccc34)c2)cc1. The van der Waals surface area contributed by atoms with E-state index < -0.39 is 0 Å². The second kappa shape index (κ2) is 14.5. The molecule has 10 aromatic carbocycles. The fourth-order valence-corrected chi connectivity index (χ4v) is 10.6. The first-order valence-corrected chi connectivity index (χ1v) is 21.7. The lowest BCUT2D eigenvalue weighted by Crippen LogP contribution is -2.12. The van der Waals surface area contributed by atoms with E-state index >= 15 is 0 Å². The van der Waals surface area contributed by atoms with E-state index in [1.807, 2.05) is 11.3 Å². The molecule has 0 saturated heterocycles. The van der Waals surface area contributed by atoms with Gasteiger partial charge in [0.05, 0.1) is 16.7 Å². The number of hydrogen-bond donors (Lipinski definition) is 0. The minimum absolute atomic E-state index is 1.08. The third kappa shape index (κ3) is 5.93. The Morgan fingerprint density at radius 2 is 0.934 bits per heavy atom. The highest BCUT2D eigenvalue weighted by molar-refractivity contribution is 7.26. The summed E-state index contributed by atoms with van der Waals surface area (Å²) in [5.41, 5.74) is 13.9. The smallest absolute Gasteiger partial charge is 0.0546 e. The van der Waals surface area contributed by atoms with Crippen LogP contribution >= 0.6 is 11.3 Å². The maximum atomic E-state index is 2.46. The molecule has 0 N–H and O–H groups in total. The summed E-state index contributed by atoms with van der Waals surface area (Å²) in [7, 11) is 0. The van der Waals surface area contributed by atoms with Gasteiger partial charge in [-0.2, -0.15) is 0 Å². The van der Waals surface area contributed by atoms with Crippen molar-refractivity contribution >= 4 is 81.1 Å². The number of aromatic nitrogens is 1. The number of nitrogens with zero attached hydrogens (tertiary/aromatic N) is 2. The van der Waals surface area contributed by atoms with Gasteiger partial charge in [-0.3, -0.25) is 0 Å². The van der Waals surface area contributed by atoms with Crippen LogP contribution in [0.3, 0.4) is 0 Å².